The molecule has 0 amide bonds. The Bertz CT molecular complexity index is 741. The van der Waals surface area contributed by atoms with Crippen LogP contribution in [0.1, 0.15) is 12.5 Å². The van der Waals surface area contributed by atoms with Gasteiger partial charge in [-0.3, -0.25) is 5.10 Å². The number of H-pyrrole nitrogens is 1. The van der Waals surface area contributed by atoms with Gasteiger partial charge < -0.3 is 5.32 Å². The first kappa shape index (κ1) is 14.2. The number of aromatic nitrogens is 4. The molecule has 21 heavy (non-hydrogen) atoms. The fraction of sp³-hybridized carbons (Fsp3) is 0.214. The second kappa shape index (κ2) is 6.32. The number of nitrogens with zero attached hydrogens (tertiary/aromatic N) is 3. The first-order chi connectivity index (χ1) is 10.3. The number of fused-ring (bicyclic) bond motifs is 1. The molecule has 2 heterocycles. The molecule has 0 saturated heterocycles. The highest BCUT2D eigenvalue weighted by Crippen LogP contribution is 2.28. The molecule has 0 unspecified atom stereocenters. The van der Waals surface area contributed by atoms with Gasteiger partial charge in [0.15, 0.2) is 5.65 Å². The Morgan fingerprint density at radius 1 is 1.24 bits per heavy atom. The Kier molecular flexibility index (Phi) is 4.26. The van der Waals surface area contributed by atoms with Crippen molar-refractivity contribution >= 4 is 40.3 Å². The van der Waals surface area contributed by atoms with Crippen molar-refractivity contribution in [3.8, 4) is 0 Å². The Morgan fingerprint density at radius 3 is 2.81 bits per heavy atom. The van der Waals surface area contributed by atoms with Crippen molar-refractivity contribution < 1.29 is 0 Å². The topological polar surface area (TPSA) is 66.5 Å². The van der Waals surface area contributed by atoms with Crippen LogP contribution in [0.2, 0.25) is 5.02 Å². The summed E-state index contributed by atoms with van der Waals surface area (Å²) in [4.78, 5) is 8.93. The summed E-state index contributed by atoms with van der Waals surface area (Å²) < 4.78 is 0. The molecule has 0 saturated carbocycles. The zero-order chi connectivity index (χ0) is 14.7. The summed E-state index contributed by atoms with van der Waals surface area (Å²) in [5.74, 6) is 1.44. The number of nitrogens with one attached hydrogen (secondary N) is 2. The third-order valence-corrected chi connectivity index (χ3v) is 4.21. The molecule has 0 spiro atoms. The number of rotatable bonds is 5. The molecule has 0 aliphatic carbocycles. The largest absolute Gasteiger partial charge is 0.354 e. The highest BCUT2D eigenvalue weighted by Gasteiger charge is 2.10. The quantitative estimate of drug-likeness (QED) is 0.554. The van der Waals surface area contributed by atoms with Crippen LogP contribution in [0.3, 0.4) is 0 Å². The number of hydrogen-bond donors (Lipinski definition) is 2. The van der Waals surface area contributed by atoms with E-state index in [-0.39, 0.29) is 0 Å². The number of thioether (sulfide) groups is 1. The standard InChI is InChI=1S/C14H14ClN5S/c1-2-16-14-18-12-11(7-17-20-12)13(19-14)21-8-9-3-5-10(15)6-4-9/h3-7H,2,8H2,1H3,(H2,16,17,18,19,20). The number of benzene rings is 1. The number of hydrogen-bond acceptors (Lipinski definition) is 5. The maximum Gasteiger partial charge on any atom is 0.225 e. The zero-order valence-corrected chi connectivity index (χ0v) is 13.0. The van der Waals surface area contributed by atoms with Gasteiger partial charge in [0.05, 0.1) is 11.6 Å². The lowest BCUT2D eigenvalue weighted by molar-refractivity contribution is 1.04. The molecule has 0 fully saturated rings. The number of aromatic amines is 1. The first-order valence-electron chi connectivity index (χ1n) is 6.58. The van der Waals surface area contributed by atoms with Crippen LogP contribution in [0.15, 0.2) is 35.5 Å². The second-order valence-corrected chi connectivity index (χ2v) is 5.83. The molecule has 5 nitrogen and oxygen atoms in total. The summed E-state index contributed by atoms with van der Waals surface area (Å²) >= 11 is 7.56. The second-order valence-electron chi connectivity index (χ2n) is 4.43. The van der Waals surface area contributed by atoms with Crippen molar-refractivity contribution in [3.63, 3.8) is 0 Å². The van der Waals surface area contributed by atoms with E-state index in [0.717, 1.165) is 33.4 Å². The highest BCUT2D eigenvalue weighted by molar-refractivity contribution is 7.98. The van der Waals surface area contributed by atoms with Crippen LogP contribution in [-0.4, -0.2) is 26.7 Å². The van der Waals surface area contributed by atoms with Crippen LogP contribution >= 0.6 is 23.4 Å². The summed E-state index contributed by atoms with van der Waals surface area (Å²) in [6.45, 7) is 2.79. The van der Waals surface area contributed by atoms with Crippen LogP contribution in [0, 0.1) is 0 Å². The fourth-order valence-electron chi connectivity index (χ4n) is 1.89. The predicted molar refractivity (Wildman–Crippen MR) is 86.9 cm³/mol. The molecule has 108 valence electrons. The molecule has 3 rings (SSSR count). The van der Waals surface area contributed by atoms with E-state index < -0.39 is 0 Å². The van der Waals surface area contributed by atoms with Crippen molar-refractivity contribution in [1.82, 2.24) is 20.2 Å². The Labute approximate surface area is 131 Å². The van der Waals surface area contributed by atoms with E-state index in [9.17, 15) is 0 Å². The monoisotopic (exact) mass is 319 g/mol. The molecular weight excluding hydrogens is 306 g/mol. The predicted octanol–water partition coefficient (Wildman–Crippen LogP) is 3.73. The maximum absolute atomic E-state index is 5.90. The maximum atomic E-state index is 5.90. The minimum atomic E-state index is 0.618. The lowest BCUT2D eigenvalue weighted by Gasteiger charge is -2.06. The molecule has 1 aromatic carbocycles. The van der Waals surface area contributed by atoms with Gasteiger partial charge in [-0.15, -0.1) is 11.8 Å². The molecule has 0 aliphatic heterocycles. The van der Waals surface area contributed by atoms with Crippen molar-refractivity contribution in [2.75, 3.05) is 11.9 Å². The van der Waals surface area contributed by atoms with E-state index in [2.05, 4.69) is 25.5 Å². The number of anilines is 1. The van der Waals surface area contributed by atoms with Crippen LogP contribution in [0.5, 0.6) is 0 Å². The van der Waals surface area contributed by atoms with E-state index in [1.54, 1.807) is 18.0 Å². The lowest BCUT2D eigenvalue weighted by Crippen LogP contribution is -2.03. The molecule has 3 aromatic rings. The lowest BCUT2D eigenvalue weighted by atomic mass is 10.2. The van der Waals surface area contributed by atoms with Gasteiger partial charge in [-0.25, -0.2) is 4.98 Å². The van der Waals surface area contributed by atoms with Gasteiger partial charge in [0, 0.05) is 17.3 Å². The van der Waals surface area contributed by atoms with Crippen molar-refractivity contribution in [2.45, 2.75) is 17.7 Å². The molecule has 7 heteroatoms. The Hall–Kier alpha value is -1.79. The van der Waals surface area contributed by atoms with Gasteiger partial charge in [-0.1, -0.05) is 23.7 Å². The van der Waals surface area contributed by atoms with Gasteiger partial charge >= 0.3 is 0 Å². The first-order valence-corrected chi connectivity index (χ1v) is 7.95. The van der Waals surface area contributed by atoms with Crippen LogP contribution in [0.25, 0.3) is 11.0 Å². The van der Waals surface area contributed by atoms with E-state index in [1.165, 1.54) is 5.56 Å². The fourth-order valence-corrected chi connectivity index (χ4v) is 2.97. The summed E-state index contributed by atoms with van der Waals surface area (Å²) in [6, 6.07) is 7.84. The van der Waals surface area contributed by atoms with Crippen molar-refractivity contribution in [3.05, 3.63) is 41.0 Å². The van der Waals surface area contributed by atoms with Crippen LogP contribution < -0.4 is 5.32 Å². The van der Waals surface area contributed by atoms with E-state index >= 15 is 0 Å². The van der Waals surface area contributed by atoms with E-state index in [1.807, 2.05) is 31.2 Å². The molecular formula is C14H14ClN5S. The van der Waals surface area contributed by atoms with Gasteiger partial charge in [0.2, 0.25) is 5.95 Å². The molecule has 0 aliphatic rings. The van der Waals surface area contributed by atoms with Gasteiger partial charge in [0.25, 0.3) is 0 Å². The van der Waals surface area contributed by atoms with Crippen LogP contribution in [0.4, 0.5) is 5.95 Å². The smallest absolute Gasteiger partial charge is 0.225 e. The van der Waals surface area contributed by atoms with E-state index in [4.69, 9.17) is 11.6 Å². The number of halogens is 1. The van der Waals surface area contributed by atoms with Crippen LogP contribution in [-0.2, 0) is 5.75 Å². The Morgan fingerprint density at radius 2 is 2.05 bits per heavy atom. The van der Waals surface area contributed by atoms with E-state index in [0.29, 0.717) is 5.95 Å². The van der Waals surface area contributed by atoms with Gasteiger partial charge in [0.1, 0.15) is 5.03 Å². The Balaban J connectivity index is 1.84. The summed E-state index contributed by atoms with van der Waals surface area (Å²) in [5, 5.41) is 12.7. The van der Waals surface area contributed by atoms with Crippen molar-refractivity contribution in [2.24, 2.45) is 0 Å². The molecule has 0 bridgehead atoms. The minimum absolute atomic E-state index is 0.618. The molecule has 0 atom stereocenters. The zero-order valence-electron chi connectivity index (χ0n) is 11.4. The van der Waals surface area contributed by atoms with Crippen molar-refractivity contribution in [1.29, 1.82) is 0 Å². The molecule has 2 aromatic heterocycles. The highest BCUT2D eigenvalue weighted by atomic mass is 35.5. The summed E-state index contributed by atoms with van der Waals surface area (Å²) in [6.07, 6.45) is 1.76. The average Bonchev–Trinajstić information content (AvgIpc) is 2.95. The normalized spacial score (nSPS) is 11.0. The average molecular weight is 320 g/mol. The van der Waals surface area contributed by atoms with Gasteiger partial charge in [-0.2, -0.15) is 10.1 Å². The minimum Gasteiger partial charge on any atom is -0.354 e. The molecule has 0 radical (unpaired) electrons. The molecule has 2 N–H and O–H groups in total. The third kappa shape index (κ3) is 3.28. The van der Waals surface area contributed by atoms with Gasteiger partial charge in [-0.05, 0) is 24.6 Å². The SMILES string of the molecule is CCNc1nc(SCc2ccc(Cl)cc2)c2cn[nH]c2n1. The summed E-state index contributed by atoms with van der Waals surface area (Å²) in [7, 11) is 0. The summed E-state index contributed by atoms with van der Waals surface area (Å²) in [5.41, 5.74) is 1.95. The third-order valence-electron chi connectivity index (χ3n) is 2.90.